The van der Waals surface area contributed by atoms with Gasteiger partial charge in [0, 0.05) is 6.42 Å². The summed E-state index contributed by atoms with van der Waals surface area (Å²) in [7, 11) is 0. The molecule has 1 aromatic heterocycles. The van der Waals surface area contributed by atoms with Gasteiger partial charge in [-0.3, -0.25) is 0 Å². The molecule has 0 fully saturated rings. The molecule has 80 valence electrons. The summed E-state index contributed by atoms with van der Waals surface area (Å²) in [6.07, 6.45) is 4.99. The van der Waals surface area contributed by atoms with Crippen LogP contribution < -0.4 is 0 Å². The first-order valence-corrected chi connectivity index (χ1v) is 5.59. The van der Waals surface area contributed by atoms with Crippen molar-refractivity contribution in [1.82, 2.24) is 0 Å². The zero-order valence-corrected chi connectivity index (χ0v) is 9.58. The molecule has 16 heavy (non-hydrogen) atoms. The van der Waals surface area contributed by atoms with Crippen molar-refractivity contribution in [2.45, 2.75) is 20.3 Å². The molecule has 1 heteroatoms. The van der Waals surface area contributed by atoms with E-state index in [1.807, 2.05) is 12.1 Å². The molecule has 3 rings (SSSR count). The van der Waals surface area contributed by atoms with Crippen molar-refractivity contribution in [3.05, 3.63) is 58.5 Å². The average molecular weight is 210 g/mol. The molecule has 0 bridgehead atoms. The zero-order chi connectivity index (χ0) is 11.1. The van der Waals surface area contributed by atoms with Gasteiger partial charge >= 0.3 is 0 Å². The normalized spacial score (nSPS) is 13.8. The number of furan rings is 1. The van der Waals surface area contributed by atoms with E-state index < -0.39 is 0 Å². The van der Waals surface area contributed by atoms with E-state index >= 15 is 0 Å². The maximum absolute atomic E-state index is 5.46. The molecule has 0 spiro atoms. The lowest BCUT2D eigenvalue weighted by Crippen LogP contribution is -1.90. The topological polar surface area (TPSA) is 13.1 Å². The molecule has 0 radical (unpaired) electrons. The number of fused-ring (bicyclic) bond motifs is 1. The summed E-state index contributed by atoms with van der Waals surface area (Å²) in [4.78, 5) is 0. The number of hydrogen-bond donors (Lipinski definition) is 0. The highest BCUT2D eigenvalue weighted by Gasteiger charge is 2.18. The van der Waals surface area contributed by atoms with Crippen LogP contribution in [0, 0.1) is 13.8 Å². The minimum absolute atomic E-state index is 0.995. The standard InChI is InChI=1S/C15H14O/c1-10-5-6-11(2)14-9-12(8-13(10)14)15-4-3-7-16-15/h3-8H,9H2,1-2H3. The summed E-state index contributed by atoms with van der Waals surface area (Å²) in [6, 6.07) is 8.37. The van der Waals surface area contributed by atoms with Crippen molar-refractivity contribution in [1.29, 1.82) is 0 Å². The molecule has 1 nitrogen and oxygen atoms in total. The molecular weight excluding hydrogens is 196 g/mol. The molecule has 0 saturated carbocycles. The van der Waals surface area contributed by atoms with Crippen molar-refractivity contribution in [3.8, 4) is 0 Å². The fraction of sp³-hybridized carbons (Fsp3) is 0.200. The van der Waals surface area contributed by atoms with Gasteiger partial charge in [-0.2, -0.15) is 0 Å². The van der Waals surface area contributed by atoms with E-state index in [1.54, 1.807) is 6.26 Å². The Bertz CT molecular complexity index is 559. The van der Waals surface area contributed by atoms with E-state index in [1.165, 1.54) is 27.8 Å². The van der Waals surface area contributed by atoms with Gasteiger partial charge in [0.25, 0.3) is 0 Å². The van der Waals surface area contributed by atoms with Gasteiger partial charge in [0.15, 0.2) is 0 Å². The molecule has 0 unspecified atom stereocenters. The van der Waals surface area contributed by atoms with Crippen molar-refractivity contribution in [3.63, 3.8) is 0 Å². The highest BCUT2D eigenvalue weighted by molar-refractivity contribution is 5.88. The van der Waals surface area contributed by atoms with Crippen LogP contribution in [-0.2, 0) is 6.42 Å². The lowest BCUT2D eigenvalue weighted by Gasteiger charge is -2.06. The lowest BCUT2D eigenvalue weighted by molar-refractivity contribution is 0.552. The summed E-state index contributed by atoms with van der Waals surface area (Å²) >= 11 is 0. The van der Waals surface area contributed by atoms with Gasteiger partial charge in [0.1, 0.15) is 5.76 Å². The van der Waals surface area contributed by atoms with Crippen molar-refractivity contribution in [2.75, 3.05) is 0 Å². The SMILES string of the molecule is Cc1ccc(C)c2c1C=C(c1ccco1)C2. The van der Waals surface area contributed by atoms with Crippen LogP contribution in [0.5, 0.6) is 0 Å². The molecule has 0 N–H and O–H groups in total. The van der Waals surface area contributed by atoms with Crippen molar-refractivity contribution >= 4 is 11.6 Å². The Hall–Kier alpha value is -1.76. The minimum atomic E-state index is 0.995. The monoisotopic (exact) mass is 210 g/mol. The van der Waals surface area contributed by atoms with Crippen LogP contribution in [-0.4, -0.2) is 0 Å². The van der Waals surface area contributed by atoms with Crippen LogP contribution in [0.25, 0.3) is 11.6 Å². The highest BCUT2D eigenvalue weighted by atomic mass is 16.3. The third kappa shape index (κ3) is 1.32. The summed E-state index contributed by atoms with van der Waals surface area (Å²) in [5, 5.41) is 0. The van der Waals surface area contributed by atoms with E-state index in [0.29, 0.717) is 0 Å². The molecule has 1 aromatic carbocycles. The van der Waals surface area contributed by atoms with Crippen LogP contribution in [0.4, 0.5) is 0 Å². The smallest absolute Gasteiger partial charge is 0.130 e. The molecule has 0 amide bonds. The van der Waals surface area contributed by atoms with E-state index in [-0.39, 0.29) is 0 Å². The Labute approximate surface area is 95.4 Å². The predicted molar refractivity (Wildman–Crippen MR) is 66.2 cm³/mol. The van der Waals surface area contributed by atoms with Crippen LogP contribution in [0.2, 0.25) is 0 Å². The van der Waals surface area contributed by atoms with Gasteiger partial charge in [-0.05, 0) is 59.9 Å². The summed E-state index contributed by atoms with van der Waals surface area (Å²) in [5.41, 5.74) is 6.84. The molecule has 0 saturated heterocycles. The third-order valence-corrected chi connectivity index (χ3v) is 3.33. The number of aryl methyl sites for hydroxylation is 2. The predicted octanol–water partition coefficient (Wildman–Crippen LogP) is 3.99. The average Bonchev–Trinajstić information content (AvgIpc) is 2.90. The first-order chi connectivity index (χ1) is 7.75. The maximum atomic E-state index is 5.46. The van der Waals surface area contributed by atoms with Gasteiger partial charge < -0.3 is 4.42 Å². The van der Waals surface area contributed by atoms with Gasteiger partial charge in [-0.1, -0.05) is 12.1 Å². The van der Waals surface area contributed by atoms with Gasteiger partial charge in [0.05, 0.1) is 6.26 Å². The first kappa shape index (κ1) is 9.46. The number of hydrogen-bond acceptors (Lipinski definition) is 1. The fourth-order valence-corrected chi connectivity index (χ4v) is 2.36. The zero-order valence-electron chi connectivity index (χ0n) is 9.58. The molecule has 1 aliphatic carbocycles. The second-order valence-corrected chi connectivity index (χ2v) is 4.42. The number of allylic oxidation sites excluding steroid dienone is 1. The Balaban J connectivity index is 2.11. The van der Waals surface area contributed by atoms with E-state index in [4.69, 9.17) is 4.42 Å². The minimum Gasteiger partial charge on any atom is -0.465 e. The Morgan fingerprint density at radius 1 is 1.06 bits per heavy atom. The quantitative estimate of drug-likeness (QED) is 0.693. The largest absolute Gasteiger partial charge is 0.465 e. The third-order valence-electron chi connectivity index (χ3n) is 3.33. The summed E-state index contributed by atoms with van der Waals surface area (Å²) < 4.78 is 5.46. The van der Waals surface area contributed by atoms with Crippen LogP contribution in [0.3, 0.4) is 0 Å². The Kier molecular flexibility index (Phi) is 2.00. The molecular formula is C15H14O. The second-order valence-electron chi connectivity index (χ2n) is 4.42. The first-order valence-electron chi connectivity index (χ1n) is 5.59. The molecule has 1 aliphatic rings. The number of benzene rings is 1. The van der Waals surface area contributed by atoms with Gasteiger partial charge in [-0.25, -0.2) is 0 Å². The van der Waals surface area contributed by atoms with Crippen LogP contribution >= 0.6 is 0 Å². The molecule has 2 aromatic rings. The maximum Gasteiger partial charge on any atom is 0.130 e. The summed E-state index contributed by atoms with van der Waals surface area (Å²) in [5.74, 6) is 0.995. The summed E-state index contributed by atoms with van der Waals surface area (Å²) in [6.45, 7) is 4.34. The van der Waals surface area contributed by atoms with E-state index in [2.05, 4.69) is 32.1 Å². The lowest BCUT2D eigenvalue weighted by atomic mass is 9.99. The molecule has 0 aliphatic heterocycles. The molecule has 1 heterocycles. The van der Waals surface area contributed by atoms with E-state index in [0.717, 1.165) is 12.2 Å². The fourth-order valence-electron chi connectivity index (χ4n) is 2.36. The highest BCUT2D eigenvalue weighted by Crippen LogP contribution is 2.35. The van der Waals surface area contributed by atoms with Crippen molar-refractivity contribution in [2.24, 2.45) is 0 Å². The van der Waals surface area contributed by atoms with Crippen LogP contribution in [0.15, 0.2) is 34.9 Å². The second kappa shape index (κ2) is 3.38. The Morgan fingerprint density at radius 2 is 1.88 bits per heavy atom. The van der Waals surface area contributed by atoms with Gasteiger partial charge in [0.2, 0.25) is 0 Å². The number of rotatable bonds is 1. The molecule has 0 atom stereocenters. The van der Waals surface area contributed by atoms with Gasteiger partial charge in [-0.15, -0.1) is 0 Å². The van der Waals surface area contributed by atoms with Crippen LogP contribution in [0.1, 0.15) is 28.0 Å². The van der Waals surface area contributed by atoms with E-state index in [9.17, 15) is 0 Å². The Morgan fingerprint density at radius 3 is 2.56 bits per heavy atom. The van der Waals surface area contributed by atoms with Crippen molar-refractivity contribution < 1.29 is 4.42 Å².